The second-order valence-corrected chi connectivity index (χ2v) is 13.5. The first kappa shape index (κ1) is 27.3. The maximum Gasteiger partial charge on any atom is 0.319 e. The highest BCUT2D eigenvalue weighted by atomic mass is 16.7. The summed E-state index contributed by atoms with van der Waals surface area (Å²) in [5.41, 5.74) is 3.46. The summed E-state index contributed by atoms with van der Waals surface area (Å²) in [6.07, 6.45) is 7.77. The topological polar surface area (TPSA) is 103 Å². The van der Waals surface area contributed by atoms with Crippen LogP contribution in [0, 0.1) is 17.8 Å². The number of hydrogen-bond donors (Lipinski definition) is 4. The lowest BCUT2D eigenvalue weighted by molar-refractivity contribution is -0.252. The van der Waals surface area contributed by atoms with E-state index in [2.05, 4.69) is 15.5 Å². The Morgan fingerprint density at radius 2 is 1.68 bits per heavy atom. The minimum atomic E-state index is -0.586. The highest BCUT2D eigenvalue weighted by Crippen LogP contribution is 2.55. The summed E-state index contributed by atoms with van der Waals surface area (Å²) in [6, 6.07) is 15.6. The molecule has 8 rings (SSSR count). The van der Waals surface area contributed by atoms with Gasteiger partial charge in [0.15, 0.2) is 6.29 Å². The van der Waals surface area contributed by atoms with Gasteiger partial charge in [0, 0.05) is 42.8 Å². The maximum atomic E-state index is 13.2. The van der Waals surface area contributed by atoms with Crippen LogP contribution in [0.4, 0.5) is 10.5 Å². The molecule has 0 spiro atoms. The normalized spacial score (nSPS) is 36.4. The Kier molecular flexibility index (Phi) is 7.54. The van der Waals surface area contributed by atoms with Gasteiger partial charge in [-0.15, -0.1) is 0 Å². The molecule has 2 heterocycles. The van der Waals surface area contributed by atoms with E-state index in [-0.39, 0.29) is 36.5 Å². The SMILES string of the molecule is O=C(Nc1cccc([C@@H]2O[C@H](CN3CC[C@H](O)C3)C[C@H](c3ccc(CO)cc3)O2)c1)NC12CC3CC(CC(C3)C1)C2. The number of urea groups is 1. The van der Waals surface area contributed by atoms with Crippen molar-refractivity contribution in [1.82, 2.24) is 10.2 Å². The molecule has 41 heavy (non-hydrogen) atoms. The average Bonchev–Trinajstić information content (AvgIpc) is 3.36. The van der Waals surface area contributed by atoms with Crippen molar-refractivity contribution in [2.24, 2.45) is 17.8 Å². The van der Waals surface area contributed by atoms with Crippen molar-refractivity contribution >= 4 is 11.7 Å². The second kappa shape index (κ2) is 11.3. The number of β-amino-alcohol motifs (C(OH)–C–C–N with tert-alkyl or cyclic N) is 1. The molecule has 2 amide bonds. The molecule has 2 saturated heterocycles. The zero-order valence-corrected chi connectivity index (χ0v) is 23.7. The summed E-state index contributed by atoms with van der Waals surface area (Å²) in [4.78, 5) is 15.5. The van der Waals surface area contributed by atoms with E-state index in [1.165, 1.54) is 19.3 Å². The Balaban J connectivity index is 1.05. The molecule has 4 N–H and O–H groups in total. The molecule has 8 heteroatoms. The third-order valence-corrected chi connectivity index (χ3v) is 10.2. The quantitative estimate of drug-likeness (QED) is 0.384. The molecule has 0 unspecified atom stereocenters. The van der Waals surface area contributed by atoms with Gasteiger partial charge in [-0.1, -0.05) is 36.4 Å². The predicted molar refractivity (Wildman–Crippen MR) is 155 cm³/mol. The van der Waals surface area contributed by atoms with Crippen molar-refractivity contribution in [2.45, 2.75) is 88.1 Å². The summed E-state index contributed by atoms with van der Waals surface area (Å²) >= 11 is 0. The van der Waals surface area contributed by atoms with Crippen LogP contribution in [-0.4, -0.2) is 58.5 Å². The fraction of sp³-hybridized carbons (Fsp3) is 0.606. The first-order valence-electron chi connectivity index (χ1n) is 15.5. The number of aliphatic hydroxyl groups is 2. The van der Waals surface area contributed by atoms with E-state index in [1.807, 2.05) is 48.5 Å². The highest BCUT2D eigenvalue weighted by Gasteiger charge is 2.51. The van der Waals surface area contributed by atoms with Crippen LogP contribution in [0.1, 0.15) is 80.5 Å². The Morgan fingerprint density at radius 1 is 0.951 bits per heavy atom. The number of anilines is 1. The van der Waals surface area contributed by atoms with Gasteiger partial charge in [0.1, 0.15) is 0 Å². The monoisotopic (exact) mass is 561 g/mol. The van der Waals surface area contributed by atoms with E-state index in [0.29, 0.717) is 13.0 Å². The van der Waals surface area contributed by atoms with Gasteiger partial charge in [0.05, 0.1) is 24.9 Å². The van der Waals surface area contributed by atoms with Crippen LogP contribution in [0.3, 0.4) is 0 Å². The Labute approximate surface area is 242 Å². The van der Waals surface area contributed by atoms with Crippen molar-refractivity contribution < 1.29 is 24.5 Å². The summed E-state index contributed by atoms with van der Waals surface area (Å²) < 4.78 is 13.0. The lowest BCUT2D eigenvalue weighted by atomic mass is 9.53. The van der Waals surface area contributed by atoms with E-state index in [0.717, 1.165) is 78.9 Å². The Morgan fingerprint density at radius 3 is 2.34 bits per heavy atom. The second-order valence-electron chi connectivity index (χ2n) is 13.5. The highest BCUT2D eigenvalue weighted by molar-refractivity contribution is 5.89. The smallest absolute Gasteiger partial charge is 0.319 e. The van der Waals surface area contributed by atoms with Gasteiger partial charge in [-0.05, 0) is 86.0 Å². The molecule has 220 valence electrons. The number of aliphatic hydroxyl groups excluding tert-OH is 2. The molecule has 2 aliphatic heterocycles. The van der Waals surface area contributed by atoms with Crippen LogP contribution < -0.4 is 10.6 Å². The van der Waals surface area contributed by atoms with Gasteiger partial charge >= 0.3 is 6.03 Å². The van der Waals surface area contributed by atoms with Crippen molar-refractivity contribution in [3.63, 3.8) is 0 Å². The zero-order chi connectivity index (χ0) is 28.0. The molecular formula is C33H43N3O5. The number of nitrogens with zero attached hydrogens (tertiary/aromatic N) is 1. The maximum absolute atomic E-state index is 13.2. The van der Waals surface area contributed by atoms with Crippen LogP contribution in [0.2, 0.25) is 0 Å². The molecule has 2 aromatic carbocycles. The summed E-state index contributed by atoms with van der Waals surface area (Å²) in [5.74, 6) is 2.32. The number of benzene rings is 2. The molecule has 0 radical (unpaired) electrons. The third kappa shape index (κ3) is 6.04. The zero-order valence-electron chi connectivity index (χ0n) is 23.7. The first-order chi connectivity index (χ1) is 19.9. The number of ether oxygens (including phenoxy) is 2. The lowest BCUT2D eigenvalue weighted by Crippen LogP contribution is -2.60. The number of rotatable bonds is 7. The Bertz CT molecular complexity index is 1200. The molecule has 4 atom stereocenters. The van der Waals surface area contributed by atoms with E-state index < -0.39 is 6.29 Å². The molecule has 8 nitrogen and oxygen atoms in total. The van der Waals surface area contributed by atoms with Crippen LogP contribution in [0.25, 0.3) is 0 Å². The fourth-order valence-corrected chi connectivity index (χ4v) is 8.73. The van der Waals surface area contributed by atoms with Crippen LogP contribution in [0.5, 0.6) is 0 Å². The largest absolute Gasteiger partial charge is 0.392 e. The van der Waals surface area contributed by atoms with Gasteiger partial charge in [0.25, 0.3) is 0 Å². The van der Waals surface area contributed by atoms with Gasteiger partial charge < -0.3 is 30.3 Å². The van der Waals surface area contributed by atoms with E-state index in [1.54, 1.807) is 0 Å². The summed E-state index contributed by atoms with van der Waals surface area (Å²) in [6.45, 7) is 2.27. The molecule has 4 saturated carbocycles. The number of amides is 2. The first-order valence-corrected chi connectivity index (χ1v) is 15.5. The molecule has 4 bridgehead atoms. The van der Waals surface area contributed by atoms with Gasteiger partial charge in [-0.3, -0.25) is 4.90 Å². The van der Waals surface area contributed by atoms with E-state index in [4.69, 9.17) is 9.47 Å². The lowest BCUT2D eigenvalue weighted by Gasteiger charge is -2.56. The standard InChI is InChI=1S/C33H43N3O5/c37-20-21-4-6-25(7-5-21)30-14-29(19-36-9-8-28(38)18-36)40-31(41-30)26-2-1-3-27(13-26)34-32(39)35-33-15-22-10-23(16-33)12-24(11-22)17-33/h1-7,13,22-24,28-31,37-38H,8-12,14-20H2,(H2,34,35,39)/t22?,23?,24?,28-,29-,30+,31+,33?/m0/s1. The van der Waals surface area contributed by atoms with Crippen molar-refractivity contribution in [3.05, 3.63) is 65.2 Å². The van der Waals surface area contributed by atoms with Gasteiger partial charge in [-0.25, -0.2) is 4.79 Å². The van der Waals surface area contributed by atoms with Crippen LogP contribution in [0.15, 0.2) is 48.5 Å². The van der Waals surface area contributed by atoms with Crippen LogP contribution in [-0.2, 0) is 16.1 Å². The number of nitrogens with one attached hydrogen (secondary N) is 2. The molecule has 4 aliphatic carbocycles. The summed E-state index contributed by atoms with van der Waals surface area (Å²) in [7, 11) is 0. The Hall–Kier alpha value is -2.49. The number of likely N-dealkylation sites (tertiary alicyclic amines) is 1. The minimum Gasteiger partial charge on any atom is -0.392 e. The summed E-state index contributed by atoms with van der Waals surface area (Å²) in [5, 5.41) is 26.0. The third-order valence-electron chi connectivity index (χ3n) is 10.2. The molecule has 6 aliphatic rings. The molecule has 6 fully saturated rings. The predicted octanol–water partition coefficient (Wildman–Crippen LogP) is 4.88. The fourth-order valence-electron chi connectivity index (χ4n) is 8.73. The number of hydrogen-bond acceptors (Lipinski definition) is 6. The van der Waals surface area contributed by atoms with Crippen molar-refractivity contribution in [3.8, 4) is 0 Å². The molecule has 2 aromatic rings. The molecule has 0 aromatic heterocycles. The average molecular weight is 562 g/mol. The van der Waals surface area contributed by atoms with Gasteiger partial charge in [0.2, 0.25) is 0 Å². The van der Waals surface area contributed by atoms with E-state index in [9.17, 15) is 15.0 Å². The number of carbonyl (C=O) groups is 1. The number of carbonyl (C=O) groups excluding carboxylic acids is 1. The van der Waals surface area contributed by atoms with E-state index >= 15 is 0 Å². The van der Waals surface area contributed by atoms with Crippen molar-refractivity contribution in [2.75, 3.05) is 25.0 Å². The van der Waals surface area contributed by atoms with Crippen molar-refractivity contribution in [1.29, 1.82) is 0 Å². The van der Waals surface area contributed by atoms with Gasteiger partial charge in [-0.2, -0.15) is 0 Å². The molecular weight excluding hydrogens is 518 g/mol. The minimum absolute atomic E-state index is 0.00762. The van der Waals surface area contributed by atoms with Crippen LogP contribution >= 0.6 is 0 Å².